The molecule has 0 spiro atoms. The van der Waals surface area contributed by atoms with Crippen molar-refractivity contribution in [2.45, 2.75) is 18.3 Å². The molecule has 1 fully saturated rings. The molecule has 2 heterocycles. The maximum atomic E-state index is 12.4. The number of thioether (sulfide) groups is 1. The third-order valence-corrected chi connectivity index (χ3v) is 5.95. The van der Waals surface area contributed by atoms with Crippen LogP contribution in [0.15, 0.2) is 54.7 Å². The Morgan fingerprint density at radius 1 is 1.15 bits per heavy atom. The number of nitrogens with one attached hydrogen (secondary N) is 2. The van der Waals surface area contributed by atoms with Crippen molar-refractivity contribution in [1.82, 2.24) is 10.3 Å². The number of aromatic nitrogens is 1. The molecule has 138 valence electrons. The largest absolute Gasteiger partial charge is 0.456 e. The Kier molecular flexibility index (Phi) is 5.01. The first kappa shape index (κ1) is 17.8. The van der Waals surface area contributed by atoms with Crippen molar-refractivity contribution in [3.8, 4) is 0 Å². The molecule has 0 amide bonds. The Balaban J connectivity index is 1.36. The van der Waals surface area contributed by atoms with Crippen molar-refractivity contribution in [2.24, 2.45) is 0 Å². The van der Waals surface area contributed by atoms with Crippen LogP contribution in [-0.2, 0) is 9.53 Å². The van der Waals surface area contributed by atoms with E-state index in [1.807, 2.05) is 43.5 Å². The highest BCUT2D eigenvalue weighted by atomic mass is 32.2. The zero-order chi connectivity index (χ0) is 18.8. The lowest BCUT2D eigenvalue weighted by Gasteiger charge is -2.14. The Morgan fingerprint density at radius 3 is 2.78 bits per heavy atom. The van der Waals surface area contributed by atoms with E-state index in [1.54, 1.807) is 23.9 Å². The molecular formula is C21H20N2O3S. The molecule has 0 radical (unpaired) electrons. The zero-order valence-corrected chi connectivity index (χ0v) is 15.7. The molecule has 1 aliphatic rings. The monoisotopic (exact) mass is 380 g/mol. The number of fused-ring (bicyclic) bond motifs is 1. The fourth-order valence-corrected chi connectivity index (χ4v) is 4.45. The van der Waals surface area contributed by atoms with Gasteiger partial charge in [0.2, 0.25) is 0 Å². The number of hydrogen-bond acceptors (Lipinski definition) is 5. The third-order valence-electron chi connectivity index (χ3n) is 4.70. The topological polar surface area (TPSA) is 71.2 Å². The number of aromatic amines is 1. The standard InChI is InChI=1S/C21H20N2O3S/c1-13-5-7-14(8-6-13)19(24)11-26-21(25)18-12-27-20(23-18)16-3-2-4-17-15(16)9-10-22-17/h2-10,18,20,22-23H,11-12H2,1H3/t18-,20+/m1/s1. The van der Waals surface area contributed by atoms with Gasteiger partial charge in [-0.2, -0.15) is 0 Å². The van der Waals surface area contributed by atoms with Crippen molar-refractivity contribution >= 4 is 34.4 Å². The minimum absolute atomic E-state index is 0.0230. The van der Waals surface area contributed by atoms with Gasteiger partial charge in [-0.05, 0) is 24.6 Å². The first-order chi connectivity index (χ1) is 13.1. The van der Waals surface area contributed by atoms with E-state index in [0.717, 1.165) is 22.0 Å². The molecule has 1 aromatic heterocycles. The molecule has 0 saturated carbocycles. The van der Waals surface area contributed by atoms with Gasteiger partial charge in [0.15, 0.2) is 12.4 Å². The first-order valence-corrected chi connectivity index (χ1v) is 9.87. The molecule has 0 aliphatic carbocycles. The minimum Gasteiger partial charge on any atom is -0.456 e. The fourth-order valence-electron chi connectivity index (χ4n) is 3.19. The minimum atomic E-state index is -0.417. The van der Waals surface area contributed by atoms with Crippen LogP contribution in [-0.4, -0.2) is 35.1 Å². The summed E-state index contributed by atoms with van der Waals surface area (Å²) in [7, 11) is 0. The van der Waals surface area contributed by atoms with Gasteiger partial charge in [0.1, 0.15) is 6.04 Å². The molecule has 1 aliphatic heterocycles. The van der Waals surface area contributed by atoms with Gasteiger partial charge in [-0.3, -0.25) is 14.9 Å². The number of H-pyrrole nitrogens is 1. The summed E-state index contributed by atoms with van der Waals surface area (Å²) in [4.78, 5) is 27.7. The smallest absolute Gasteiger partial charge is 0.324 e. The van der Waals surface area contributed by atoms with Gasteiger partial charge in [0.05, 0.1) is 5.37 Å². The molecule has 4 rings (SSSR count). The van der Waals surface area contributed by atoms with Crippen LogP contribution in [0.3, 0.4) is 0 Å². The number of Topliss-reactive ketones (excluding diaryl/α,β-unsaturated/α-hetero) is 1. The predicted molar refractivity (Wildman–Crippen MR) is 107 cm³/mol. The summed E-state index contributed by atoms with van der Waals surface area (Å²) in [5.74, 6) is 0.0394. The molecule has 0 bridgehead atoms. The molecule has 3 aromatic rings. The van der Waals surface area contributed by atoms with Crippen LogP contribution < -0.4 is 5.32 Å². The Labute approximate surface area is 161 Å². The van der Waals surface area contributed by atoms with Gasteiger partial charge in [-0.15, -0.1) is 11.8 Å². The van der Waals surface area contributed by atoms with Crippen molar-refractivity contribution in [1.29, 1.82) is 0 Å². The van der Waals surface area contributed by atoms with Crippen LogP contribution in [0.4, 0.5) is 0 Å². The van der Waals surface area contributed by atoms with E-state index < -0.39 is 6.04 Å². The van der Waals surface area contributed by atoms with Crippen LogP contribution in [0.25, 0.3) is 10.9 Å². The highest BCUT2D eigenvalue weighted by Gasteiger charge is 2.32. The molecule has 2 aromatic carbocycles. The summed E-state index contributed by atoms with van der Waals surface area (Å²) in [6.07, 6.45) is 1.91. The zero-order valence-electron chi connectivity index (χ0n) is 14.9. The van der Waals surface area contributed by atoms with E-state index in [1.165, 1.54) is 0 Å². The lowest BCUT2D eigenvalue weighted by molar-refractivity contribution is -0.144. The summed E-state index contributed by atoms with van der Waals surface area (Å²) in [6, 6.07) is 15.0. The van der Waals surface area contributed by atoms with Crippen LogP contribution in [0.5, 0.6) is 0 Å². The van der Waals surface area contributed by atoms with Gasteiger partial charge in [-0.1, -0.05) is 42.0 Å². The summed E-state index contributed by atoms with van der Waals surface area (Å²) in [5.41, 5.74) is 3.85. The van der Waals surface area contributed by atoms with E-state index in [-0.39, 0.29) is 23.7 Å². The number of benzene rings is 2. The average Bonchev–Trinajstić information content (AvgIpc) is 3.35. The highest BCUT2D eigenvalue weighted by Crippen LogP contribution is 2.36. The number of carbonyl (C=O) groups excluding carboxylic acids is 2. The van der Waals surface area contributed by atoms with Crippen molar-refractivity contribution in [3.63, 3.8) is 0 Å². The number of ether oxygens (including phenoxy) is 1. The summed E-state index contributed by atoms with van der Waals surface area (Å²) in [6.45, 7) is 1.73. The molecule has 6 heteroatoms. The molecule has 0 unspecified atom stereocenters. The predicted octanol–water partition coefficient (Wildman–Crippen LogP) is 3.61. The number of ketones is 1. The second kappa shape index (κ2) is 7.58. The lowest BCUT2D eigenvalue weighted by Crippen LogP contribution is -2.36. The second-order valence-corrected chi connectivity index (χ2v) is 7.75. The molecule has 1 saturated heterocycles. The number of aryl methyl sites for hydroxylation is 1. The normalized spacial score (nSPS) is 19.3. The first-order valence-electron chi connectivity index (χ1n) is 8.82. The molecule has 2 atom stereocenters. The van der Waals surface area contributed by atoms with E-state index in [9.17, 15) is 9.59 Å². The number of carbonyl (C=O) groups is 2. The highest BCUT2D eigenvalue weighted by molar-refractivity contribution is 7.99. The van der Waals surface area contributed by atoms with E-state index in [0.29, 0.717) is 11.3 Å². The van der Waals surface area contributed by atoms with Gasteiger partial charge in [0.25, 0.3) is 0 Å². The van der Waals surface area contributed by atoms with Gasteiger partial charge < -0.3 is 9.72 Å². The molecule has 5 nitrogen and oxygen atoms in total. The van der Waals surface area contributed by atoms with Crippen molar-refractivity contribution < 1.29 is 14.3 Å². The Bertz CT molecular complexity index is 981. The SMILES string of the molecule is Cc1ccc(C(=O)COC(=O)[C@H]2CS[C@@H](c3cccc4[nH]ccc34)N2)cc1. The van der Waals surface area contributed by atoms with Gasteiger partial charge in [-0.25, -0.2) is 0 Å². The van der Waals surface area contributed by atoms with Crippen LogP contribution in [0, 0.1) is 6.92 Å². The fraction of sp³-hybridized carbons (Fsp3) is 0.238. The molecular weight excluding hydrogens is 360 g/mol. The van der Waals surface area contributed by atoms with Gasteiger partial charge in [0, 0.05) is 28.4 Å². The third kappa shape index (κ3) is 3.77. The Morgan fingerprint density at radius 2 is 1.96 bits per heavy atom. The molecule has 2 N–H and O–H groups in total. The quantitative estimate of drug-likeness (QED) is 0.523. The van der Waals surface area contributed by atoms with Crippen molar-refractivity contribution in [2.75, 3.05) is 12.4 Å². The number of rotatable bonds is 5. The second-order valence-electron chi connectivity index (χ2n) is 6.62. The van der Waals surface area contributed by atoms with Crippen LogP contribution in [0.1, 0.15) is 26.9 Å². The van der Waals surface area contributed by atoms with Gasteiger partial charge >= 0.3 is 5.97 Å². The maximum Gasteiger partial charge on any atom is 0.324 e. The average molecular weight is 380 g/mol. The van der Waals surface area contributed by atoms with Crippen LogP contribution in [0.2, 0.25) is 0 Å². The number of esters is 1. The lowest BCUT2D eigenvalue weighted by atomic mass is 10.1. The summed E-state index contributed by atoms with van der Waals surface area (Å²) in [5, 5.41) is 4.49. The maximum absolute atomic E-state index is 12.4. The number of hydrogen-bond donors (Lipinski definition) is 2. The van der Waals surface area contributed by atoms with E-state index in [4.69, 9.17) is 4.74 Å². The summed E-state index contributed by atoms with van der Waals surface area (Å²) < 4.78 is 5.26. The van der Waals surface area contributed by atoms with Crippen LogP contribution >= 0.6 is 11.8 Å². The van der Waals surface area contributed by atoms with E-state index in [2.05, 4.69) is 16.4 Å². The molecule has 27 heavy (non-hydrogen) atoms. The Hall–Kier alpha value is -2.57. The van der Waals surface area contributed by atoms with E-state index >= 15 is 0 Å². The van der Waals surface area contributed by atoms with Crippen molar-refractivity contribution in [3.05, 3.63) is 71.4 Å². The summed E-state index contributed by atoms with van der Waals surface area (Å²) >= 11 is 1.67.